The quantitative estimate of drug-likeness (QED) is 0.0565. The number of benzene rings is 3. The van der Waals surface area contributed by atoms with E-state index in [-0.39, 0.29) is 24.6 Å². The maximum Gasteiger partial charge on any atom is 0.337 e. The average molecular weight is 663 g/mol. The number of nitrogens with one attached hydrogen (secondary N) is 3. The molecule has 0 aromatic heterocycles. The summed E-state index contributed by atoms with van der Waals surface area (Å²) in [6, 6.07) is 13.4. The fourth-order valence-corrected chi connectivity index (χ4v) is 4.94. The van der Waals surface area contributed by atoms with Gasteiger partial charge in [0.2, 0.25) is 0 Å². The zero-order chi connectivity index (χ0) is 34.6. The molecule has 0 bridgehead atoms. The zero-order valence-electron chi connectivity index (χ0n) is 27.2. The number of halogens is 1. The van der Waals surface area contributed by atoms with Crippen LogP contribution in [0.4, 0.5) is 9.18 Å². The van der Waals surface area contributed by atoms with E-state index < -0.39 is 24.3 Å². The lowest BCUT2D eigenvalue weighted by Crippen LogP contribution is -2.45. The van der Waals surface area contributed by atoms with Gasteiger partial charge in [0, 0.05) is 11.3 Å². The van der Waals surface area contributed by atoms with E-state index in [1.807, 2.05) is 6.07 Å². The van der Waals surface area contributed by atoms with E-state index in [0.717, 1.165) is 11.1 Å². The molecule has 0 saturated heterocycles. The summed E-state index contributed by atoms with van der Waals surface area (Å²) in [4.78, 5) is 24.7. The molecule has 4 rings (SSSR count). The van der Waals surface area contributed by atoms with E-state index in [9.17, 15) is 19.1 Å². The van der Waals surface area contributed by atoms with E-state index in [4.69, 9.17) is 23.7 Å². The number of urea groups is 1. The van der Waals surface area contributed by atoms with Crippen LogP contribution in [0.1, 0.15) is 42.1 Å². The minimum atomic E-state index is -1.19. The molecule has 0 saturated carbocycles. The Bertz CT molecular complexity index is 1680. The molecule has 0 spiro atoms. The highest BCUT2D eigenvalue weighted by Gasteiger charge is 2.32. The summed E-state index contributed by atoms with van der Waals surface area (Å²) in [5.41, 5.74) is 6.11. The number of rotatable bonds is 16. The molecule has 1 heterocycles. The van der Waals surface area contributed by atoms with Crippen molar-refractivity contribution in [2.75, 3.05) is 27.4 Å². The number of esters is 1. The Balaban J connectivity index is 1.42. The molecule has 12 nitrogen and oxygen atoms in total. The van der Waals surface area contributed by atoms with Crippen LogP contribution in [0.25, 0.3) is 0 Å². The molecule has 0 unspecified atom stereocenters. The van der Waals surface area contributed by atoms with Crippen molar-refractivity contribution in [1.82, 2.24) is 16.1 Å². The number of methoxy groups -OCH3 is 2. The van der Waals surface area contributed by atoms with Crippen molar-refractivity contribution in [3.05, 3.63) is 107 Å². The Labute approximate surface area is 278 Å². The highest BCUT2D eigenvalue weighted by Crippen LogP contribution is 2.36. The number of ether oxygens (including phenoxy) is 5. The van der Waals surface area contributed by atoms with Gasteiger partial charge in [0.25, 0.3) is 0 Å². The third-order valence-electron chi connectivity index (χ3n) is 7.14. The first-order chi connectivity index (χ1) is 23.2. The highest BCUT2D eigenvalue weighted by atomic mass is 19.1. The molecular formula is C35H39FN4O8. The van der Waals surface area contributed by atoms with Gasteiger partial charge in [-0.1, -0.05) is 24.3 Å². The first kappa shape index (κ1) is 35.3. The lowest BCUT2D eigenvalue weighted by atomic mass is 9.95. The first-order valence-electron chi connectivity index (χ1n) is 15.1. The smallest absolute Gasteiger partial charge is 0.337 e. The van der Waals surface area contributed by atoms with Crippen LogP contribution in [0.3, 0.4) is 0 Å². The number of carbonyl (C=O) groups excluding carboxylic acids is 2. The van der Waals surface area contributed by atoms with Crippen molar-refractivity contribution in [1.29, 1.82) is 0 Å². The van der Waals surface area contributed by atoms with Gasteiger partial charge in [0.15, 0.2) is 29.2 Å². The van der Waals surface area contributed by atoms with Gasteiger partial charge in [-0.3, -0.25) is 5.43 Å². The average Bonchev–Trinajstić information content (AvgIpc) is 3.07. The summed E-state index contributed by atoms with van der Waals surface area (Å²) < 4.78 is 41.4. The topological polar surface area (TPSA) is 149 Å². The van der Waals surface area contributed by atoms with Gasteiger partial charge in [0.1, 0.15) is 19.0 Å². The molecule has 2 atom stereocenters. The van der Waals surface area contributed by atoms with Crippen molar-refractivity contribution in [2.45, 2.75) is 39.1 Å². The second-order valence-electron chi connectivity index (χ2n) is 10.5. The van der Waals surface area contributed by atoms with Gasteiger partial charge in [-0.05, 0) is 73.4 Å². The monoisotopic (exact) mass is 662 g/mol. The van der Waals surface area contributed by atoms with Crippen LogP contribution in [0.2, 0.25) is 0 Å². The number of hydrogen-bond donors (Lipinski definition) is 4. The fourth-order valence-electron chi connectivity index (χ4n) is 4.94. The van der Waals surface area contributed by atoms with Crippen LogP contribution in [0.5, 0.6) is 23.0 Å². The molecular weight excluding hydrogens is 623 g/mol. The van der Waals surface area contributed by atoms with E-state index in [0.29, 0.717) is 52.8 Å². The number of aliphatic hydroxyl groups is 1. The van der Waals surface area contributed by atoms with Crippen LogP contribution < -0.4 is 35.0 Å². The molecule has 48 heavy (non-hydrogen) atoms. The number of aliphatic hydroxyl groups excluding tert-OH is 1. The predicted octanol–water partition coefficient (Wildman–Crippen LogP) is 4.66. The second-order valence-corrected chi connectivity index (χ2v) is 10.5. The van der Waals surface area contributed by atoms with Crippen LogP contribution >= 0.6 is 0 Å². The zero-order valence-corrected chi connectivity index (χ0v) is 27.2. The normalized spacial score (nSPS) is 14.9. The number of hydrazone groups is 1. The Morgan fingerprint density at radius 1 is 1.08 bits per heavy atom. The van der Waals surface area contributed by atoms with E-state index in [1.165, 1.54) is 32.6 Å². The minimum Gasteiger partial charge on any atom is -0.493 e. The molecule has 1 aliphatic rings. The molecule has 254 valence electrons. The number of amides is 2. The highest BCUT2D eigenvalue weighted by molar-refractivity contribution is 5.95. The standard InChI is InChI=1S/C35H39FN4O8/c1-6-8-25-15-23(16-29(44-4)33(25)48-19-22-9-12-26(36)13-10-22)18-37-40-30(41)20-47-27-14-11-24(17-28(27)46-7-2)32-31(34(42)45-5)21(3)38-35(43)39-32/h6,9-18,30,32,40-41H,1,7-8,19-20H2,2-5H3,(H2,38,39,43)/b37-18-/t30-,32+/m1/s1. The van der Waals surface area contributed by atoms with Crippen molar-refractivity contribution in [2.24, 2.45) is 5.10 Å². The van der Waals surface area contributed by atoms with Crippen molar-refractivity contribution >= 4 is 18.2 Å². The Kier molecular flexibility index (Phi) is 12.4. The SMILES string of the molecule is C=CCc1cc(/C=N\N[C@H](O)COc2ccc([C@@H]3NC(=O)NC(C)=C3C(=O)OC)cc2OCC)cc(OC)c1OCc1ccc(F)cc1. The number of allylic oxidation sites excluding steroid dienone is 2. The summed E-state index contributed by atoms with van der Waals surface area (Å²) in [5, 5.41) is 20.0. The lowest BCUT2D eigenvalue weighted by Gasteiger charge is -2.28. The van der Waals surface area contributed by atoms with Gasteiger partial charge in [-0.25, -0.2) is 14.0 Å². The first-order valence-corrected chi connectivity index (χ1v) is 15.1. The minimum absolute atomic E-state index is 0.186. The van der Waals surface area contributed by atoms with E-state index in [1.54, 1.807) is 56.3 Å². The third kappa shape index (κ3) is 9.04. The fraction of sp³-hybridized carbons (Fsp3) is 0.286. The summed E-state index contributed by atoms with van der Waals surface area (Å²) in [5.74, 6) is 0.787. The van der Waals surface area contributed by atoms with Gasteiger partial charge in [-0.15, -0.1) is 6.58 Å². The summed E-state index contributed by atoms with van der Waals surface area (Å²) in [6.45, 7) is 7.60. The lowest BCUT2D eigenvalue weighted by molar-refractivity contribution is -0.136. The Hall–Kier alpha value is -5.56. The maximum atomic E-state index is 13.3. The summed E-state index contributed by atoms with van der Waals surface area (Å²) in [6.07, 6.45) is 2.56. The molecule has 1 aliphatic heterocycles. The predicted molar refractivity (Wildman–Crippen MR) is 177 cm³/mol. The molecule has 3 aromatic rings. The van der Waals surface area contributed by atoms with Crippen molar-refractivity contribution < 1.29 is 42.8 Å². The largest absolute Gasteiger partial charge is 0.493 e. The third-order valence-corrected chi connectivity index (χ3v) is 7.14. The molecule has 4 N–H and O–H groups in total. The number of carbonyl (C=O) groups is 2. The molecule has 0 aliphatic carbocycles. The van der Waals surface area contributed by atoms with Crippen LogP contribution in [-0.2, 0) is 22.6 Å². The molecule has 3 aromatic carbocycles. The van der Waals surface area contributed by atoms with E-state index >= 15 is 0 Å². The van der Waals surface area contributed by atoms with E-state index in [2.05, 4.69) is 27.7 Å². The maximum absolute atomic E-state index is 13.3. The van der Waals surface area contributed by atoms with Gasteiger partial charge in [0.05, 0.1) is 38.7 Å². The molecule has 0 fully saturated rings. The molecule has 0 radical (unpaired) electrons. The summed E-state index contributed by atoms with van der Waals surface area (Å²) >= 11 is 0. The van der Waals surface area contributed by atoms with Crippen LogP contribution in [0.15, 0.2) is 83.6 Å². The van der Waals surface area contributed by atoms with Gasteiger partial charge >= 0.3 is 12.0 Å². The molecule has 2 amide bonds. The van der Waals surface area contributed by atoms with Crippen LogP contribution in [-0.4, -0.2) is 57.0 Å². The van der Waals surface area contributed by atoms with Crippen molar-refractivity contribution in [3.8, 4) is 23.0 Å². The van der Waals surface area contributed by atoms with Crippen molar-refractivity contribution in [3.63, 3.8) is 0 Å². The number of hydrogen-bond acceptors (Lipinski definition) is 10. The van der Waals surface area contributed by atoms with Gasteiger partial charge < -0.3 is 39.4 Å². The van der Waals surface area contributed by atoms with Gasteiger partial charge in [-0.2, -0.15) is 5.10 Å². The Morgan fingerprint density at radius 2 is 1.85 bits per heavy atom. The van der Waals surface area contributed by atoms with Crippen LogP contribution in [0, 0.1) is 5.82 Å². The number of nitrogens with zero attached hydrogens (tertiary/aromatic N) is 1. The molecule has 13 heteroatoms. The summed E-state index contributed by atoms with van der Waals surface area (Å²) in [7, 11) is 2.79. The second kappa shape index (κ2) is 16.8. The Morgan fingerprint density at radius 3 is 2.54 bits per heavy atom.